The van der Waals surface area contributed by atoms with Crippen LogP contribution >= 0.6 is 0 Å². The number of aliphatic imine (C=N–C) groups is 1. The number of hydrogen-bond donors (Lipinski definition) is 3. The molecule has 1 fully saturated rings. The van der Waals surface area contributed by atoms with Gasteiger partial charge in [-0.25, -0.2) is 0 Å². The molecule has 5 rings (SSSR count). The smallest absolute Gasteiger partial charge is 0.257 e. The van der Waals surface area contributed by atoms with E-state index in [1.165, 1.54) is 22.0 Å². The van der Waals surface area contributed by atoms with Gasteiger partial charge in [0.15, 0.2) is 5.96 Å². The number of aromatic nitrogens is 1. The maximum absolute atomic E-state index is 12.3. The predicted octanol–water partition coefficient (Wildman–Crippen LogP) is 2.87. The molecule has 0 bridgehead atoms. The molecule has 0 saturated carbocycles. The zero-order chi connectivity index (χ0) is 20.7. The van der Waals surface area contributed by atoms with Crippen LogP contribution in [0.1, 0.15) is 33.8 Å². The highest BCUT2D eigenvalue weighted by atomic mass is 16.1. The average molecular weight is 402 g/mol. The summed E-state index contributed by atoms with van der Waals surface area (Å²) in [6.45, 7) is 1.60. The topological polar surface area (TPSA) is 86.5 Å². The van der Waals surface area contributed by atoms with E-state index in [-0.39, 0.29) is 11.9 Å². The van der Waals surface area contributed by atoms with Crippen LogP contribution in [0.25, 0.3) is 10.9 Å². The van der Waals surface area contributed by atoms with E-state index < -0.39 is 0 Å². The Balaban J connectivity index is 1.30. The first-order chi connectivity index (χ1) is 14.6. The zero-order valence-electron chi connectivity index (χ0n) is 17.1. The summed E-state index contributed by atoms with van der Waals surface area (Å²) in [5.41, 5.74) is 10.7. The molecule has 2 aliphatic rings. The Morgan fingerprint density at radius 3 is 2.90 bits per heavy atom. The molecule has 3 aromatic rings. The van der Waals surface area contributed by atoms with Crippen LogP contribution in [0.15, 0.2) is 59.7 Å². The van der Waals surface area contributed by atoms with Gasteiger partial charge in [-0.15, -0.1) is 0 Å². The molecule has 0 radical (unpaired) electrons. The van der Waals surface area contributed by atoms with Crippen LogP contribution in [0.4, 0.5) is 0 Å². The molecule has 2 aromatic carbocycles. The highest BCUT2D eigenvalue weighted by molar-refractivity contribution is 6.05. The van der Waals surface area contributed by atoms with E-state index in [9.17, 15) is 4.79 Å². The van der Waals surface area contributed by atoms with E-state index in [0.29, 0.717) is 30.0 Å². The SMILES string of the molecule is CN1C[C@H](CN=C(N)NC(=O)c2ccccc2)C[C@@H]2c3cccc4[nH]cc(c34)C[C@H]21. The van der Waals surface area contributed by atoms with Gasteiger partial charge in [0.1, 0.15) is 0 Å². The van der Waals surface area contributed by atoms with Crippen molar-refractivity contribution in [2.75, 3.05) is 20.1 Å². The van der Waals surface area contributed by atoms with Crippen LogP contribution in [0.3, 0.4) is 0 Å². The Hall–Kier alpha value is -3.12. The van der Waals surface area contributed by atoms with E-state index in [2.05, 4.69) is 51.6 Å². The maximum atomic E-state index is 12.3. The lowest BCUT2D eigenvalue weighted by atomic mass is 9.72. The van der Waals surface area contributed by atoms with Crippen LogP contribution in [-0.4, -0.2) is 47.9 Å². The normalized spacial score (nSPS) is 23.9. The van der Waals surface area contributed by atoms with Crippen molar-refractivity contribution >= 4 is 22.8 Å². The fourth-order valence-corrected chi connectivity index (χ4v) is 5.23. The van der Waals surface area contributed by atoms with Gasteiger partial charge in [0, 0.05) is 47.7 Å². The summed E-state index contributed by atoms with van der Waals surface area (Å²) < 4.78 is 0. The van der Waals surface area contributed by atoms with E-state index in [4.69, 9.17) is 5.73 Å². The number of nitrogens with two attached hydrogens (primary N) is 1. The summed E-state index contributed by atoms with van der Waals surface area (Å²) >= 11 is 0. The molecule has 0 spiro atoms. The van der Waals surface area contributed by atoms with Gasteiger partial charge in [-0.05, 0) is 55.1 Å². The van der Waals surface area contributed by atoms with E-state index in [1.807, 2.05) is 18.2 Å². The predicted molar refractivity (Wildman–Crippen MR) is 120 cm³/mol. The van der Waals surface area contributed by atoms with Crippen molar-refractivity contribution in [2.24, 2.45) is 16.6 Å². The van der Waals surface area contributed by atoms with E-state index >= 15 is 0 Å². The van der Waals surface area contributed by atoms with Gasteiger partial charge in [0.05, 0.1) is 0 Å². The number of benzene rings is 2. The third-order valence-corrected chi connectivity index (χ3v) is 6.61. The minimum atomic E-state index is -0.225. The largest absolute Gasteiger partial charge is 0.370 e. The molecule has 3 atom stereocenters. The number of amides is 1. The summed E-state index contributed by atoms with van der Waals surface area (Å²) in [6.07, 6.45) is 4.34. The summed E-state index contributed by atoms with van der Waals surface area (Å²) in [5.74, 6) is 0.860. The van der Waals surface area contributed by atoms with Gasteiger partial charge in [-0.2, -0.15) is 0 Å². The number of hydrogen-bond acceptors (Lipinski definition) is 3. The van der Waals surface area contributed by atoms with Crippen molar-refractivity contribution in [2.45, 2.75) is 24.8 Å². The number of rotatable bonds is 3. The number of fused-ring (bicyclic) bond motifs is 2. The lowest BCUT2D eigenvalue weighted by Gasteiger charge is -2.45. The molecule has 1 amide bonds. The average Bonchev–Trinajstić information content (AvgIpc) is 3.18. The van der Waals surface area contributed by atoms with Crippen molar-refractivity contribution in [1.29, 1.82) is 0 Å². The quantitative estimate of drug-likeness (QED) is 0.466. The minimum Gasteiger partial charge on any atom is -0.370 e. The molecule has 1 aromatic heterocycles. The molecular formula is C24H27N5O. The number of carbonyl (C=O) groups is 1. The first kappa shape index (κ1) is 18.9. The van der Waals surface area contributed by atoms with Crippen LogP contribution in [0.5, 0.6) is 0 Å². The van der Waals surface area contributed by atoms with Gasteiger partial charge < -0.3 is 15.6 Å². The molecule has 1 saturated heterocycles. The second-order valence-electron chi connectivity index (χ2n) is 8.55. The third-order valence-electron chi connectivity index (χ3n) is 6.61. The Morgan fingerprint density at radius 2 is 2.07 bits per heavy atom. The van der Waals surface area contributed by atoms with Gasteiger partial charge in [0.25, 0.3) is 5.91 Å². The molecule has 1 aliphatic heterocycles. The van der Waals surface area contributed by atoms with Crippen LogP contribution < -0.4 is 11.1 Å². The molecule has 6 nitrogen and oxygen atoms in total. The molecular weight excluding hydrogens is 374 g/mol. The van der Waals surface area contributed by atoms with Gasteiger partial charge in [0.2, 0.25) is 0 Å². The molecule has 0 unspecified atom stereocenters. The summed E-state index contributed by atoms with van der Waals surface area (Å²) in [6, 6.07) is 16.2. The number of carbonyl (C=O) groups excluding carboxylic acids is 1. The molecule has 154 valence electrons. The Labute approximate surface area is 176 Å². The number of guanidine groups is 1. The van der Waals surface area contributed by atoms with E-state index in [0.717, 1.165) is 19.4 Å². The highest BCUT2D eigenvalue weighted by Crippen LogP contribution is 2.44. The first-order valence-electron chi connectivity index (χ1n) is 10.6. The number of likely N-dealkylation sites (tertiary alicyclic amines) is 1. The molecule has 4 N–H and O–H groups in total. The summed E-state index contributed by atoms with van der Waals surface area (Å²) in [7, 11) is 2.21. The van der Waals surface area contributed by atoms with Gasteiger partial charge in [-0.1, -0.05) is 30.3 Å². The third kappa shape index (κ3) is 3.37. The van der Waals surface area contributed by atoms with Crippen LogP contribution in [-0.2, 0) is 6.42 Å². The first-order valence-corrected chi connectivity index (χ1v) is 10.6. The fourth-order valence-electron chi connectivity index (χ4n) is 5.23. The van der Waals surface area contributed by atoms with Crippen molar-refractivity contribution < 1.29 is 4.79 Å². The highest BCUT2D eigenvalue weighted by Gasteiger charge is 2.39. The van der Waals surface area contributed by atoms with Crippen LogP contribution in [0, 0.1) is 5.92 Å². The fraction of sp³-hybridized carbons (Fsp3) is 0.333. The van der Waals surface area contributed by atoms with Crippen molar-refractivity contribution in [3.8, 4) is 0 Å². The summed E-state index contributed by atoms with van der Waals surface area (Å²) in [4.78, 5) is 22.7. The number of H-pyrrole nitrogens is 1. The number of aromatic amines is 1. The molecule has 2 heterocycles. The van der Waals surface area contributed by atoms with Gasteiger partial charge in [-0.3, -0.25) is 15.1 Å². The number of likely N-dealkylation sites (N-methyl/N-ethyl adjacent to an activating group) is 1. The number of piperidine rings is 1. The zero-order valence-corrected chi connectivity index (χ0v) is 17.1. The van der Waals surface area contributed by atoms with Gasteiger partial charge >= 0.3 is 0 Å². The van der Waals surface area contributed by atoms with Crippen molar-refractivity contribution in [3.05, 3.63) is 71.4 Å². The Bertz CT molecular complexity index is 1100. The molecule has 6 heteroatoms. The van der Waals surface area contributed by atoms with E-state index in [1.54, 1.807) is 12.1 Å². The second kappa shape index (κ2) is 7.61. The Kier molecular flexibility index (Phi) is 4.79. The number of nitrogens with zero attached hydrogens (tertiary/aromatic N) is 2. The maximum Gasteiger partial charge on any atom is 0.257 e. The second-order valence-corrected chi connectivity index (χ2v) is 8.55. The van der Waals surface area contributed by atoms with Crippen LogP contribution in [0.2, 0.25) is 0 Å². The molecule has 1 aliphatic carbocycles. The lowest BCUT2D eigenvalue weighted by Crippen LogP contribution is -2.48. The van der Waals surface area contributed by atoms with Crippen molar-refractivity contribution in [3.63, 3.8) is 0 Å². The minimum absolute atomic E-state index is 0.187. The standard InChI is InChI=1S/C24H27N5O/c1-29-14-15(12-27-24(25)28-23(30)16-6-3-2-4-7-16)10-19-18-8-5-9-20-22(18)17(13-26-20)11-21(19)29/h2-9,13,15,19,21,26H,10-12,14H2,1H3,(H3,25,27,28,30)/t15-,19+,21+/m0/s1. The lowest BCUT2D eigenvalue weighted by molar-refractivity contribution is 0.0976. The monoisotopic (exact) mass is 401 g/mol. The molecule has 30 heavy (non-hydrogen) atoms. The van der Waals surface area contributed by atoms with Crippen molar-refractivity contribution in [1.82, 2.24) is 15.2 Å². The summed E-state index contributed by atoms with van der Waals surface area (Å²) in [5, 5.41) is 4.11. The Morgan fingerprint density at radius 1 is 1.23 bits per heavy atom. The number of nitrogens with one attached hydrogen (secondary N) is 2.